The second-order valence-electron chi connectivity index (χ2n) is 5.10. The van der Waals surface area contributed by atoms with Crippen molar-refractivity contribution in [3.63, 3.8) is 0 Å². The molecule has 2 atom stereocenters. The van der Waals surface area contributed by atoms with Crippen LogP contribution < -0.4 is 5.32 Å². The van der Waals surface area contributed by atoms with Gasteiger partial charge in [-0.2, -0.15) is 4.98 Å². The first-order valence-corrected chi connectivity index (χ1v) is 6.00. The van der Waals surface area contributed by atoms with Gasteiger partial charge in [-0.15, -0.1) is 0 Å². The van der Waals surface area contributed by atoms with Crippen molar-refractivity contribution >= 4 is 12.0 Å². The Hall–Kier alpha value is -1.52. The minimum Gasteiger partial charge on any atom is -0.476 e. The van der Waals surface area contributed by atoms with Gasteiger partial charge in [0, 0.05) is 6.04 Å². The van der Waals surface area contributed by atoms with Gasteiger partial charge in [0.2, 0.25) is 0 Å². The molecule has 1 heterocycles. The van der Waals surface area contributed by atoms with Crippen molar-refractivity contribution in [3.05, 3.63) is 12.0 Å². The number of carboxylic acid groups (broad SMARTS) is 1. The molecule has 0 aromatic carbocycles. The number of oxazole rings is 1. The Bertz CT molecular complexity index is 392. The minimum absolute atomic E-state index is 0.0515. The second kappa shape index (κ2) is 4.77. The van der Waals surface area contributed by atoms with E-state index in [1.807, 2.05) is 0 Å². The highest BCUT2D eigenvalue weighted by Gasteiger charge is 2.25. The lowest BCUT2D eigenvalue weighted by Gasteiger charge is -2.31. The first kappa shape index (κ1) is 12.0. The van der Waals surface area contributed by atoms with Crippen LogP contribution >= 0.6 is 0 Å². The van der Waals surface area contributed by atoms with Crippen molar-refractivity contribution in [2.75, 3.05) is 5.32 Å². The fraction of sp³-hybridized carbons (Fsp3) is 0.667. The quantitative estimate of drug-likeness (QED) is 0.846. The monoisotopic (exact) mass is 238 g/mol. The number of carbonyl (C=O) groups is 1. The van der Waals surface area contributed by atoms with Gasteiger partial charge in [-0.25, -0.2) is 4.79 Å². The summed E-state index contributed by atoms with van der Waals surface area (Å²) < 4.78 is 5.10. The van der Waals surface area contributed by atoms with Crippen LogP contribution in [0.25, 0.3) is 0 Å². The summed E-state index contributed by atoms with van der Waals surface area (Å²) in [6.07, 6.45) is 4.58. The van der Waals surface area contributed by atoms with E-state index in [4.69, 9.17) is 9.52 Å². The van der Waals surface area contributed by atoms with E-state index < -0.39 is 5.97 Å². The number of carboxylic acids is 1. The molecule has 94 valence electrons. The number of nitrogens with zero attached hydrogens (tertiary/aromatic N) is 1. The molecule has 2 rings (SSSR count). The number of hydrogen-bond donors (Lipinski definition) is 2. The lowest BCUT2D eigenvalue weighted by atomic mass is 9.80. The molecule has 2 unspecified atom stereocenters. The SMILES string of the molecule is CC1CC(C)CC(Nc2nc(C(=O)O)co2)C1. The summed E-state index contributed by atoms with van der Waals surface area (Å²) in [5.74, 6) is 0.308. The van der Waals surface area contributed by atoms with Crippen LogP contribution in [0.5, 0.6) is 0 Å². The smallest absolute Gasteiger partial charge is 0.357 e. The van der Waals surface area contributed by atoms with Crippen LogP contribution in [0.1, 0.15) is 43.6 Å². The van der Waals surface area contributed by atoms with E-state index in [9.17, 15) is 4.79 Å². The number of aromatic carboxylic acids is 1. The van der Waals surface area contributed by atoms with E-state index in [1.54, 1.807) is 0 Å². The highest BCUT2D eigenvalue weighted by atomic mass is 16.4. The molecular formula is C12H18N2O3. The molecule has 1 aromatic rings. The molecule has 5 nitrogen and oxygen atoms in total. The Morgan fingerprint density at radius 3 is 2.59 bits per heavy atom. The van der Waals surface area contributed by atoms with Gasteiger partial charge in [0.15, 0.2) is 5.69 Å². The maximum absolute atomic E-state index is 10.7. The molecule has 1 fully saturated rings. The molecule has 0 amide bonds. The summed E-state index contributed by atoms with van der Waals surface area (Å²) in [6, 6.07) is 0.641. The Morgan fingerprint density at radius 2 is 2.06 bits per heavy atom. The third-order valence-corrected chi connectivity index (χ3v) is 3.23. The van der Waals surface area contributed by atoms with Crippen molar-refractivity contribution in [2.45, 2.75) is 39.2 Å². The molecule has 0 spiro atoms. The Morgan fingerprint density at radius 1 is 1.41 bits per heavy atom. The summed E-state index contributed by atoms with van der Waals surface area (Å²) in [5.41, 5.74) is -0.0515. The summed E-state index contributed by atoms with van der Waals surface area (Å²) in [6.45, 7) is 4.48. The zero-order valence-corrected chi connectivity index (χ0v) is 10.1. The standard InChI is InChI=1S/C12H18N2O3/c1-7-3-8(2)5-9(4-7)13-12-14-10(6-17-12)11(15)16/h6-9H,3-5H2,1-2H3,(H,13,14)(H,15,16). The topological polar surface area (TPSA) is 75.4 Å². The summed E-state index contributed by atoms with van der Waals surface area (Å²) in [5, 5.41) is 11.9. The number of anilines is 1. The van der Waals surface area contributed by atoms with Crippen LogP contribution in [0.2, 0.25) is 0 Å². The molecular weight excluding hydrogens is 220 g/mol. The maximum atomic E-state index is 10.7. The fourth-order valence-corrected chi connectivity index (χ4v) is 2.68. The Balaban J connectivity index is 1.97. The molecule has 0 saturated heterocycles. The molecule has 0 aliphatic heterocycles. The third-order valence-electron chi connectivity index (χ3n) is 3.23. The molecule has 1 aliphatic carbocycles. The Kier molecular flexibility index (Phi) is 3.36. The van der Waals surface area contributed by atoms with Gasteiger partial charge in [-0.3, -0.25) is 0 Å². The lowest BCUT2D eigenvalue weighted by molar-refractivity contribution is 0.0690. The van der Waals surface area contributed by atoms with Gasteiger partial charge in [-0.1, -0.05) is 13.8 Å². The molecule has 0 bridgehead atoms. The van der Waals surface area contributed by atoms with Crippen LogP contribution in [0.4, 0.5) is 6.01 Å². The van der Waals surface area contributed by atoms with Crippen LogP contribution in [-0.4, -0.2) is 22.1 Å². The molecule has 5 heteroatoms. The summed E-state index contributed by atoms with van der Waals surface area (Å²) in [7, 11) is 0. The van der Waals surface area contributed by atoms with E-state index >= 15 is 0 Å². The third kappa shape index (κ3) is 2.99. The average Bonchev–Trinajstić information content (AvgIpc) is 2.64. The molecule has 1 saturated carbocycles. The zero-order chi connectivity index (χ0) is 12.4. The lowest BCUT2D eigenvalue weighted by Crippen LogP contribution is -2.30. The molecule has 2 N–H and O–H groups in total. The van der Waals surface area contributed by atoms with Crippen molar-refractivity contribution in [2.24, 2.45) is 11.8 Å². The summed E-state index contributed by atoms with van der Waals surface area (Å²) in [4.78, 5) is 14.5. The molecule has 0 radical (unpaired) electrons. The van der Waals surface area contributed by atoms with Crippen molar-refractivity contribution in [3.8, 4) is 0 Å². The highest BCUT2D eigenvalue weighted by Crippen LogP contribution is 2.30. The van der Waals surface area contributed by atoms with Gasteiger partial charge >= 0.3 is 5.97 Å². The van der Waals surface area contributed by atoms with Crippen molar-refractivity contribution in [1.29, 1.82) is 0 Å². The van der Waals surface area contributed by atoms with E-state index in [0.717, 1.165) is 12.8 Å². The Labute approximate surface area is 100 Å². The maximum Gasteiger partial charge on any atom is 0.357 e. The van der Waals surface area contributed by atoms with Gasteiger partial charge in [0.05, 0.1) is 0 Å². The van der Waals surface area contributed by atoms with E-state index in [0.29, 0.717) is 23.9 Å². The van der Waals surface area contributed by atoms with E-state index in [-0.39, 0.29) is 5.69 Å². The largest absolute Gasteiger partial charge is 0.476 e. The number of aromatic nitrogens is 1. The predicted molar refractivity (Wildman–Crippen MR) is 63.1 cm³/mol. The first-order valence-electron chi connectivity index (χ1n) is 6.00. The summed E-state index contributed by atoms with van der Waals surface area (Å²) >= 11 is 0. The first-order chi connectivity index (χ1) is 8.04. The highest BCUT2D eigenvalue weighted by molar-refractivity contribution is 5.85. The number of rotatable bonds is 3. The van der Waals surface area contributed by atoms with Crippen LogP contribution in [-0.2, 0) is 0 Å². The normalized spacial score (nSPS) is 28.9. The van der Waals surface area contributed by atoms with Gasteiger partial charge in [0.25, 0.3) is 6.01 Å². The molecule has 1 aliphatic rings. The number of nitrogens with one attached hydrogen (secondary N) is 1. The average molecular weight is 238 g/mol. The van der Waals surface area contributed by atoms with Crippen molar-refractivity contribution < 1.29 is 14.3 Å². The molecule has 17 heavy (non-hydrogen) atoms. The molecule has 1 aromatic heterocycles. The van der Waals surface area contributed by atoms with Crippen LogP contribution in [0, 0.1) is 11.8 Å². The van der Waals surface area contributed by atoms with Gasteiger partial charge in [-0.05, 0) is 31.1 Å². The van der Waals surface area contributed by atoms with Crippen molar-refractivity contribution in [1.82, 2.24) is 4.98 Å². The predicted octanol–water partition coefficient (Wildman–Crippen LogP) is 2.61. The zero-order valence-electron chi connectivity index (χ0n) is 10.1. The van der Waals surface area contributed by atoms with Crippen LogP contribution in [0.15, 0.2) is 10.7 Å². The van der Waals surface area contributed by atoms with E-state index in [1.165, 1.54) is 12.7 Å². The second-order valence-corrected chi connectivity index (χ2v) is 5.10. The van der Waals surface area contributed by atoms with Gasteiger partial charge in [0.1, 0.15) is 6.26 Å². The van der Waals surface area contributed by atoms with Crippen LogP contribution in [0.3, 0.4) is 0 Å². The van der Waals surface area contributed by atoms with E-state index in [2.05, 4.69) is 24.1 Å². The fourth-order valence-electron chi connectivity index (χ4n) is 2.68. The minimum atomic E-state index is -1.06. The number of hydrogen-bond acceptors (Lipinski definition) is 4. The van der Waals surface area contributed by atoms with Gasteiger partial charge < -0.3 is 14.8 Å².